The molecule has 0 saturated carbocycles. The van der Waals surface area contributed by atoms with Crippen molar-refractivity contribution in [2.24, 2.45) is 0 Å². The molecular weight excluding hydrogens is 476 g/mol. The molecule has 0 radical (unpaired) electrons. The van der Waals surface area contributed by atoms with Gasteiger partial charge in [-0.2, -0.15) is 24.3 Å². The van der Waals surface area contributed by atoms with Crippen LogP contribution < -0.4 is 15.9 Å². The summed E-state index contributed by atoms with van der Waals surface area (Å²) in [4.78, 5) is 0. The van der Waals surface area contributed by atoms with Gasteiger partial charge in [0.1, 0.15) is 0 Å². The van der Waals surface area contributed by atoms with Crippen LogP contribution in [0.2, 0.25) is 0 Å². The molecule has 0 nitrogen and oxygen atoms in total. The molecular formula is C22H18BrPRu. The number of hydrogen-bond acceptors (Lipinski definition) is 0. The van der Waals surface area contributed by atoms with E-state index in [1.807, 2.05) is 24.3 Å². The zero-order valence-electron chi connectivity index (χ0n) is 13.6. The van der Waals surface area contributed by atoms with Gasteiger partial charge in [-0.15, -0.1) is 21.2 Å². The molecule has 4 aromatic carbocycles. The largest absolute Gasteiger partial charge is 2.00 e. The third-order valence-electron chi connectivity index (χ3n) is 3.55. The zero-order chi connectivity index (χ0) is 16.6. The third-order valence-corrected chi connectivity index (χ3v) is 6.53. The summed E-state index contributed by atoms with van der Waals surface area (Å²) in [5, 5.41) is 4.23. The van der Waals surface area contributed by atoms with Gasteiger partial charge in [0, 0.05) is 0 Å². The maximum atomic E-state index is 3.28. The molecule has 0 N–H and O–H groups in total. The van der Waals surface area contributed by atoms with Crippen LogP contribution in [0, 0.1) is 0 Å². The van der Waals surface area contributed by atoms with E-state index in [4.69, 9.17) is 0 Å². The minimum Gasteiger partial charge on any atom is -0.213 e. The molecule has 0 fully saturated rings. The summed E-state index contributed by atoms with van der Waals surface area (Å²) >= 11 is 3.28. The quantitative estimate of drug-likeness (QED) is 0.205. The van der Waals surface area contributed by atoms with Gasteiger partial charge >= 0.3 is 19.5 Å². The summed E-state index contributed by atoms with van der Waals surface area (Å²) in [6.07, 6.45) is 0. The van der Waals surface area contributed by atoms with Crippen LogP contribution in [-0.4, -0.2) is 0 Å². The van der Waals surface area contributed by atoms with Gasteiger partial charge < -0.3 is 0 Å². The summed E-state index contributed by atoms with van der Waals surface area (Å²) in [6, 6.07) is 38.2. The molecule has 25 heavy (non-hydrogen) atoms. The number of benzene rings is 2. The van der Waals surface area contributed by atoms with Gasteiger partial charge in [0.05, 0.1) is 0 Å². The van der Waals surface area contributed by atoms with Crippen molar-refractivity contribution in [3.05, 3.63) is 114 Å². The number of hydrogen-bond donors (Lipinski definition) is 0. The van der Waals surface area contributed by atoms with E-state index in [1.165, 1.54) is 15.9 Å². The first-order valence-corrected chi connectivity index (χ1v) is 9.97. The van der Waals surface area contributed by atoms with Gasteiger partial charge in [-0.3, -0.25) is 0 Å². The van der Waals surface area contributed by atoms with E-state index in [1.54, 1.807) is 0 Å². The normalized spacial score (nSPS) is 9.84. The predicted molar refractivity (Wildman–Crippen MR) is 110 cm³/mol. The SMILES string of the molecule is Br[c-]1cccc1.[Ru+2].c1ccc(P(c2ccccc2)[c-]2cccc2)cc1. The minimum absolute atomic E-state index is 0. The van der Waals surface area contributed by atoms with Crippen molar-refractivity contribution >= 4 is 39.8 Å². The van der Waals surface area contributed by atoms with Crippen molar-refractivity contribution in [3.63, 3.8) is 0 Å². The fourth-order valence-electron chi connectivity index (χ4n) is 2.46. The van der Waals surface area contributed by atoms with Crippen LogP contribution in [-0.2, 0) is 19.5 Å². The molecule has 3 heteroatoms. The second-order valence-corrected chi connectivity index (χ2v) is 8.39. The van der Waals surface area contributed by atoms with Crippen LogP contribution in [0.25, 0.3) is 0 Å². The second kappa shape index (κ2) is 10.6. The Morgan fingerprint density at radius 3 is 1.32 bits per heavy atom. The van der Waals surface area contributed by atoms with E-state index >= 15 is 0 Å². The van der Waals surface area contributed by atoms with Crippen LogP contribution in [0.15, 0.2) is 114 Å². The average Bonchev–Trinajstić information content (AvgIpc) is 3.32. The first-order valence-electron chi connectivity index (χ1n) is 7.84. The Morgan fingerprint density at radius 2 is 0.960 bits per heavy atom. The van der Waals surface area contributed by atoms with Crippen LogP contribution in [0.3, 0.4) is 0 Å². The molecule has 0 aliphatic heterocycles. The second-order valence-electron chi connectivity index (χ2n) is 5.25. The van der Waals surface area contributed by atoms with Crippen molar-refractivity contribution in [1.29, 1.82) is 0 Å². The molecule has 0 aliphatic rings. The Labute approximate surface area is 172 Å². The van der Waals surface area contributed by atoms with E-state index < -0.39 is 7.92 Å². The molecule has 4 rings (SSSR count). The summed E-state index contributed by atoms with van der Waals surface area (Å²) in [5.41, 5.74) is 0. The van der Waals surface area contributed by atoms with Crippen molar-refractivity contribution in [2.75, 3.05) is 0 Å². The van der Waals surface area contributed by atoms with Crippen LogP contribution in [0.4, 0.5) is 0 Å². The van der Waals surface area contributed by atoms with Crippen molar-refractivity contribution in [3.8, 4) is 0 Å². The third kappa shape index (κ3) is 5.86. The number of halogens is 1. The molecule has 0 atom stereocenters. The Morgan fingerprint density at radius 1 is 0.560 bits per heavy atom. The molecule has 0 heterocycles. The first-order chi connectivity index (χ1) is 11.8. The fourth-order valence-corrected chi connectivity index (χ4v) is 5.08. The number of rotatable bonds is 3. The van der Waals surface area contributed by atoms with Gasteiger partial charge in [-0.25, -0.2) is 24.3 Å². The Hall–Kier alpha value is -1.33. The predicted octanol–water partition coefficient (Wildman–Crippen LogP) is 5.33. The molecule has 0 amide bonds. The van der Waals surface area contributed by atoms with Crippen molar-refractivity contribution < 1.29 is 19.5 Å². The van der Waals surface area contributed by atoms with Gasteiger partial charge in [0.15, 0.2) is 0 Å². The Bertz CT molecular complexity index is 770. The topological polar surface area (TPSA) is 0 Å². The standard InChI is InChI=1S/C17H14P.C5H4Br.Ru/c1-3-9-15(10-4-1)18(17-13-7-8-14-17)16-11-5-2-6-12-16;6-5-3-1-2-4-5;/h1-14H;1-4H;/q2*-1;+2. The fraction of sp³-hybridized carbons (Fsp3) is 0. The van der Waals surface area contributed by atoms with Gasteiger partial charge in [-0.1, -0.05) is 73.1 Å². The van der Waals surface area contributed by atoms with Crippen LogP contribution in [0.1, 0.15) is 0 Å². The van der Waals surface area contributed by atoms with E-state index in [-0.39, 0.29) is 19.5 Å². The molecule has 126 valence electrons. The van der Waals surface area contributed by atoms with Crippen LogP contribution in [0.5, 0.6) is 0 Å². The average molecular weight is 494 g/mol. The molecule has 0 spiro atoms. The minimum atomic E-state index is -0.409. The smallest absolute Gasteiger partial charge is 0.213 e. The zero-order valence-corrected chi connectivity index (χ0v) is 17.8. The molecule has 0 aliphatic carbocycles. The molecule has 0 saturated heterocycles. The monoisotopic (exact) mass is 494 g/mol. The summed E-state index contributed by atoms with van der Waals surface area (Å²) in [5.74, 6) is 0. The molecule has 0 bridgehead atoms. The van der Waals surface area contributed by atoms with E-state index in [0.717, 1.165) is 4.47 Å². The molecule has 0 unspecified atom stereocenters. The summed E-state index contributed by atoms with van der Waals surface area (Å²) in [6.45, 7) is 0. The summed E-state index contributed by atoms with van der Waals surface area (Å²) < 4.78 is 1.16. The Balaban J connectivity index is 0.000000275. The first kappa shape index (κ1) is 20.0. The molecule has 0 aromatic heterocycles. The molecule has 4 aromatic rings. The van der Waals surface area contributed by atoms with Crippen LogP contribution >= 0.6 is 23.9 Å². The van der Waals surface area contributed by atoms with Crippen molar-refractivity contribution in [1.82, 2.24) is 0 Å². The summed E-state index contributed by atoms with van der Waals surface area (Å²) in [7, 11) is -0.409. The van der Waals surface area contributed by atoms with E-state index in [9.17, 15) is 0 Å². The van der Waals surface area contributed by atoms with Crippen molar-refractivity contribution in [2.45, 2.75) is 0 Å². The Kier molecular flexibility index (Phi) is 8.49. The van der Waals surface area contributed by atoms with E-state index in [2.05, 4.69) is 101 Å². The van der Waals surface area contributed by atoms with Gasteiger partial charge in [0.25, 0.3) is 0 Å². The maximum Gasteiger partial charge on any atom is 2.00 e. The maximum absolute atomic E-state index is 3.28. The van der Waals surface area contributed by atoms with Gasteiger partial charge in [-0.05, 0) is 10.6 Å². The van der Waals surface area contributed by atoms with E-state index in [0.29, 0.717) is 0 Å². The van der Waals surface area contributed by atoms with Gasteiger partial charge in [0.2, 0.25) is 0 Å².